The maximum atomic E-state index is 12.5. The predicted molar refractivity (Wildman–Crippen MR) is 101 cm³/mol. The first-order valence-electron chi connectivity index (χ1n) is 7.51. The number of rotatable bonds is 5. The highest BCUT2D eigenvalue weighted by Gasteiger charge is 2.50. The lowest BCUT2D eigenvalue weighted by Crippen LogP contribution is -2.53. The van der Waals surface area contributed by atoms with Crippen molar-refractivity contribution >= 4 is 40.0 Å². The molecule has 1 rings (SSSR count). The Labute approximate surface area is 163 Å². The van der Waals surface area contributed by atoms with Gasteiger partial charge in [0.25, 0.3) is 0 Å². The average Bonchev–Trinajstić information content (AvgIpc) is 2.50. The van der Waals surface area contributed by atoms with E-state index in [2.05, 4.69) is 15.6 Å². The SMILES string of the molecule is CN=C(NCC(C)(C)OC)NC1CCN(S(=O)(=O)C(F)(F)F)CC1.I. The molecule has 1 aliphatic heterocycles. The largest absolute Gasteiger partial charge is 0.511 e. The van der Waals surface area contributed by atoms with Crippen LogP contribution in [0.15, 0.2) is 4.99 Å². The highest BCUT2D eigenvalue weighted by Crippen LogP contribution is 2.28. The molecule has 0 aliphatic carbocycles. The average molecular weight is 502 g/mol. The summed E-state index contributed by atoms with van der Waals surface area (Å²) in [6.07, 6.45) is 0.535. The molecule has 1 heterocycles. The van der Waals surface area contributed by atoms with Crippen LogP contribution >= 0.6 is 24.0 Å². The first-order chi connectivity index (χ1) is 10.9. The number of nitrogens with zero attached hydrogens (tertiary/aromatic N) is 2. The topological polar surface area (TPSA) is 83.0 Å². The smallest absolute Gasteiger partial charge is 0.377 e. The summed E-state index contributed by atoms with van der Waals surface area (Å²) in [5.41, 5.74) is -5.65. The van der Waals surface area contributed by atoms with Gasteiger partial charge in [0.15, 0.2) is 5.96 Å². The minimum Gasteiger partial charge on any atom is -0.377 e. The van der Waals surface area contributed by atoms with Gasteiger partial charge < -0.3 is 15.4 Å². The van der Waals surface area contributed by atoms with Gasteiger partial charge in [-0.25, -0.2) is 8.42 Å². The summed E-state index contributed by atoms with van der Waals surface area (Å²) in [6, 6.07) is -0.151. The van der Waals surface area contributed by atoms with E-state index in [1.54, 1.807) is 14.2 Å². The van der Waals surface area contributed by atoms with Crippen LogP contribution in [0, 0.1) is 0 Å². The second-order valence-corrected chi connectivity index (χ2v) is 8.09. The van der Waals surface area contributed by atoms with Crippen LogP contribution < -0.4 is 10.6 Å². The standard InChI is InChI=1S/C13H25F3N4O3S.HI/c1-12(2,23-4)9-18-11(17-3)19-10-5-7-20(8-6-10)24(21,22)13(14,15)16;/h10H,5-9H2,1-4H3,(H2,17,18,19);1H. The van der Waals surface area contributed by atoms with Crippen molar-refractivity contribution < 1.29 is 26.3 Å². The Morgan fingerprint density at radius 2 is 1.80 bits per heavy atom. The fourth-order valence-electron chi connectivity index (χ4n) is 2.14. The molecule has 25 heavy (non-hydrogen) atoms. The van der Waals surface area contributed by atoms with E-state index in [4.69, 9.17) is 4.74 Å². The van der Waals surface area contributed by atoms with Crippen molar-refractivity contribution in [3.05, 3.63) is 0 Å². The van der Waals surface area contributed by atoms with Crippen LogP contribution in [0.5, 0.6) is 0 Å². The van der Waals surface area contributed by atoms with Gasteiger partial charge in [-0.1, -0.05) is 0 Å². The maximum Gasteiger partial charge on any atom is 0.511 e. The molecular weight excluding hydrogens is 476 g/mol. The van der Waals surface area contributed by atoms with Crippen molar-refractivity contribution in [1.29, 1.82) is 0 Å². The van der Waals surface area contributed by atoms with Gasteiger partial charge in [-0.15, -0.1) is 24.0 Å². The van der Waals surface area contributed by atoms with Gasteiger partial charge in [0, 0.05) is 39.8 Å². The molecular formula is C13H26F3IN4O3S. The maximum absolute atomic E-state index is 12.5. The van der Waals surface area contributed by atoms with Gasteiger partial charge >= 0.3 is 15.5 Å². The van der Waals surface area contributed by atoms with Crippen molar-refractivity contribution in [3.8, 4) is 0 Å². The Kier molecular flexibility index (Phi) is 9.42. The zero-order chi connectivity index (χ0) is 18.6. The molecule has 1 saturated heterocycles. The van der Waals surface area contributed by atoms with Crippen LogP contribution in [-0.2, 0) is 14.8 Å². The number of nitrogens with one attached hydrogen (secondary N) is 2. The summed E-state index contributed by atoms with van der Waals surface area (Å²) in [6.45, 7) is 3.92. The first kappa shape index (κ1) is 24.7. The van der Waals surface area contributed by atoms with Gasteiger partial charge in [0.2, 0.25) is 0 Å². The monoisotopic (exact) mass is 502 g/mol. The fourth-order valence-corrected chi connectivity index (χ4v) is 3.13. The van der Waals surface area contributed by atoms with Crippen molar-refractivity contribution in [2.24, 2.45) is 4.99 Å². The van der Waals surface area contributed by atoms with Gasteiger partial charge in [-0.3, -0.25) is 4.99 Å². The van der Waals surface area contributed by atoms with Crippen molar-refractivity contribution in [3.63, 3.8) is 0 Å². The first-order valence-corrected chi connectivity index (χ1v) is 8.95. The number of hydrogen-bond donors (Lipinski definition) is 2. The van der Waals surface area contributed by atoms with E-state index in [-0.39, 0.29) is 55.9 Å². The third-order valence-electron chi connectivity index (χ3n) is 3.88. The Bertz CT molecular complexity index is 547. The molecule has 1 aliphatic rings. The Morgan fingerprint density at radius 3 is 2.20 bits per heavy atom. The predicted octanol–water partition coefficient (Wildman–Crippen LogP) is 1.51. The van der Waals surface area contributed by atoms with E-state index >= 15 is 0 Å². The lowest BCUT2D eigenvalue weighted by atomic mass is 10.1. The Hall–Kier alpha value is -0.340. The molecule has 150 valence electrons. The molecule has 0 amide bonds. The summed E-state index contributed by atoms with van der Waals surface area (Å²) in [5, 5.41) is 6.17. The molecule has 0 unspecified atom stereocenters. The van der Waals surface area contributed by atoms with Crippen LogP contribution in [-0.4, -0.2) is 69.6 Å². The number of guanidine groups is 1. The number of sulfonamides is 1. The van der Waals surface area contributed by atoms with Crippen LogP contribution in [0.2, 0.25) is 0 Å². The zero-order valence-electron chi connectivity index (χ0n) is 14.7. The van der Waals surface area contributed by atoms with E-state index in [1.165, 1.54) is 0 Å². The number of hydrogen-bond acceptors (Lipinski definition) is 4. The summed E-state index contributed by atoms with van der Waals surface area (Å²) in [4.78, 5) is 4.05. The number of methoxy groups -OCH3 is 1. The van der Waals surface area contributed by atoms with Crippen LogP contribution in [0.3, 0.4) is 0 Å². The minimum absolute atomic E-state index is 0. The van der Waals surface area contributed by atoms with E-state index in [9.17, 15) is 21.6 Å². The second kappa shape index (κ2) is 9.55. The Morgan fingerprint density at radius 1 is 1.28 bits per heavy atom. The number of ether oxygens (including phenoxy) is 1. The molecule has 2 N–H and O–H groups in total. The summed E-state index contributed by atoms with van der Waals surface area (Å²) >= 11 is 0. The number of alkyl halides is 3. The zero-order valence-corrected chi connectivity index (χ0v) is 17.8. The molecule has 0 aromatic rings. The number of piperidine rings is 1. The number of halogens is 4. The van der Waals surface area contributed by atoms with Crippen LogP contribution in [0.4, 0.5) is 13.2 Å². The molecule has 0 aromatic carbocycles. The lowest BCUT2D eigenvalue weighted by Gasteiger charge is -2.33. The van der Waals surface area contributed by atoms with E-state index in [0.717, 1.165) is 0 Å². The molecule has 0 saturated carbocycles. The lowest BCUT2D eigenvalue weighted by molar-refractivity contribution is -0.0494. The van der Waals surface area contributed by atoms with E-state index in [0.29, 0.717) is 16.8 Å². The van der Waals surface area contributed by atoms with Crippen LogP contribution in [0.25, 0.3) is 0 Å². The molecule has 0 spiro atoms. The summed E-state index contributed by atoms with van der Waals surface area (Å²) in [5.74, 6) is 0.497. The second-order valence-electron chi connectivity index (χ2n) is 6.16. The Balaban J connectivity index is 0.00000576. The van der Waals surface area contributed by atoms with Gasteiger partial charge in [0.1, 0.15) is 0 Å². The molecule has 0 bridgehead atoms. The summed E-state index contributed by atoms with van der Waals surface area (Å²) < 4.78 is 66.1. The van der Waals surface area contributed by atoms with Crippen molar-refractivity contribution in [2.45, 2.75) is 43.8 Å². The van der Waals surface area contributed by atoms with E-state index < -0.39 is 21.1 Å². The fraction of sp³-hybridized carbons (Fsp3) is 0.923. The van der Waals surface area contributed by atoms with E-state index in [1.807, 2.05) is 13.8 Å². The third-order valence-corrected chi connectivity index (χ3v) is 5.51. The van der Waals surface area contributed by atoms with Gasteiger partial charge in [0.05, 0.1) is 5.60 Å². The van der Waals surface area contributed by atoms with Gasteiger partial charge in [-0.05, 0) is 26.7 Å². The number of aliphatic imine (C=N–C) groups is 1. The highest BCUT2D eigenvalue weighted by atomic mass is 127. The van der Waals surface area contributed by atoms with Crippen molar-refractivity contribution in [1.82, 2.24) is 14.9 Å². The molecule has 0 atom stereocenters. The molecule has 0 aromatic heterocycles. The molecule has 7 nitrogen and oxygen atoms in total. The highest BCUT2D eigenvalue weighted by molar-refractivity contribution is 14.0. The van der Waals surface area contributed by atoms with Crippen LogP contribution in [0.1, 0.15) is 26.7 Å². The molecule has 1 fully saturated rings. The normalized spacial score (nSPS) is 18.6. The summed E-state index contributed by atoms with van der Waals surface area (Å²) in [7, 11) is -2.07. The molecule has 0 radical (unpaired) electrons. The van der Waals surface area contributed by atoms with Crippen molar-refractivity contribution in [2.75, 3.05) is 33.8 Å². The molecule has 12 heteroatoms. The quantitative estimate of drug-likeness (QED) is 0.339. The third kappa shape index (κ3) is 7.06. The van der Waals surface area contributed by atoms with Gasteiger partial charge in [-0.2, -0.15) is 17.5 Å². The minimum atomic E-state index is -5.25.